The maximum absolute atomic E-state index is 12.4. The van der Waals surface area contributed by atoms with Gasteiger partial charge in [0.1, 0.15) is 0 Å². The van der Waals surface area contributed by atoms with Gasteiger partial charge >= 0.3 is 0 Å². The Morgan fingerprint density at radius 2 is 1.94 bits per heavy atom. The quantitative estimate of drug-likeness (QED) is 0.790. The Balaban J connectivity index is 1.87. The first kappa shape index (κ1) is 13.9. The van der Waals surface area contributed by atoms with Crippen molar-refractivity contribution in [3.05, 3.63) is 0 Å². The number of hydrogen-bond donors (Lipinski definition) is 1. The third kappa shape index (κ3) is 3.71. The molecule has 0 aliphatic heterocycles. The molecule has 2 aliphatic rings. The first-order valence-electron chi connectivity index (χ1n) is 7.58. The average molecular weight is 252 g/mol. The molecule has 0 bridgehead atoms. The first-order chi connectivity index (χ1) is 8.50. The molecule has 0 saturated heterocycles. The van der Waals surface area contributed by atoms with E-state index in [4.69, 9.17) is 5.73 Å². The summed E-state index contributed by atoms with van der Waals surface area (Å²) in [4.78, 5) is 14.6. The van der Waals surface area contributed by atoms with E-state index in [9.17, 15) is 4.79 Å². The van der Waals surface area contributed by atoms with Gasteiger partial charge in [0, 0.05) is 24.5 Å². The van der Waals surface area contributed by atoms with Crippen molar-refractivity contribution in [2.75, 3.05) is 6.54 Å². The van der Waals surface area contributed by atoms with Crippen LogP contribution < -0.4 is 5.73 Å². The Labute approximate surface area is 111 Å². The lowest BCUT2D eigenvalue weighted by Crippen LogP contribution is -2.44. The van der Waals surface area contributed by atoms with Crippen LogP contribution in [0.15, 0.2) is 0 Å². The van der Waals surface area contributed by atoms with Crippen molar-refractivity contribution >= 4 is 5.91 Å². The van der Waals surface area contributed by atoms with Gasteiger partial charge in [-0.15, -0.1) is 0 Å². The van der Waals surface area contributed by atoms with Gasteiger partial charge in [-0.25, -0.2) is 0 Å². The predicted octanol–water partition coefficient (Wildman–Crippen LogP) is 2.69. The third-order valence-electron chi connectivity index (χ3n) is 4.36. The second-order valence-corrected chi connectivity index (χ2v) is 6.75. The summed E-state index contributed by atoms with van der Waals surface area (Å²) in [5, 5.41) is 0. The van der Waals surface area contributed by atoms with E-state index in [0.29, 0.717) is 24.3 Å². The Bertz CT molecular complexity index is 291. The van der Waals surface area contributed by atoms with Gasteiger partial charge in [0.25, 0.3) is 0 Å². The van der Waals surface area contributed by atoms with Gasteiger partial charge in [-0.2, -0.15) is 0 Å². The Morgan fingerprint density at radius 1 is 1.33 bits per heavy atom. The first-order valence-corrected chi connectivity index (χ1v) is 7.58. The van der Waals surface area contributed by atoms with Crippen LogP contribution in [0.2, 0.25) is 0 Å². The van der Waals surface area contributed by atoms with Crippen LogP contribution in [0.25, 0.3) is 0 Å². The van der Waals surface area contributed by atoms with Crippen molar-refractivity contribution < 1.29 is 4.79 Å². The van der Waals surface area contributed by atoms with Crippen molar-refractivity contribution in [1.82, 2.24) is 4.90 Å². The molecule has 0 radical (unpaired) electrons. The molecule has 0 aromatic rings. The fourth-order valence-electron chi connectivity index (χ4n) is 2.95. The minimum Gasteiger partial charge on any atom is -0.340 e. The van der Waals surface area contributed by atoms with Crippen LogP contribution in [0.5, 0.6) is 0 Å². The molecule has 2 saturated carbocycles. The fourth-order valence-corrected chi connectivity index (χ4v) is 2.95. The molecule has 104 valence electrons. The van der Waals surface area contributed by atoms with Gasteiger partial charge in [-0.3, -0.25) is 4.79 Å². The summed E-state index contributed by atoms with van der Waals surface area (Å²) in [6.07, 6.45) is 8.52. The molecule has 1 amide bonds. The molecule has 3 heteroatoms. The van der Waals surface area contributed by atoms with Crippen LogP contribution in [-0.2, 0) is 4.79 Å². The van der Waals surface area contributed by atoms with Crippen molar-refractivity contribution in [2.24, 2.45) is 11.7 Å². The molecule has 18 heavy (non-hydrogen) atoms. The number of carbonyl (C=O) groups excluding carboxylic acids is 1. The monoisotopic (exact) mass is 252 g/mol. The van der Waals surface area contributed by atoms with E-state index in [1.165, 1.54) is 25.7 Å². The van der Waals surface area contributed by atoms with Crippen molar-refractivity contribution in [3.8, 4) is 0 Å². The predicted molar refractivity (Wildman–Crippen MR) is 74.2 cm³/mol. The van der Waals surface area contributed by atoms with Crippen molar-refractivity contribution in [2.45, 2.75) is 76.8 Å². The molecule has 0 heterocycles. The molecule has 3 nitrogen and oxygen atoms in total. The second-order valence-electron chi connectivity index (χ2n) is 6.75. The maximum Gasteiger partial charge on any atom is 0.224 e. The highest BCUT2D eigenvalue weighted by molar-refractivity contribution is 5.78. The van der Waals surface area contributed by atoms with Gasteiger partial charge in [-0.1, -0.05) is 26.7 Å². The minimum atomic E-state index is -0.192. The smallest absolute Gasteiger partial charge is 0.224 e. The summed E-state index contributed by atoms with van der Waals surface area (Å²) in [6, 6.07) is 0.529. The van der Waals surface area contributed by atoms with Gasteiger partial charge in [0.15, 0.2) is 0 Å². The van der Waals surface area contributed by atoms with Crippen molar-refractivity contribution in [1.29, 1.82) is 0 Å². The second kappa shape index (κ2) is 5.60. The molecule has 0 aromatic heterocycles. The fraction of sp³-hybridized carbons (Fsp3) is 0.933. The third-order valence-corrected chi connectivity index (χ3v) is 4.36. The summed E-state index contributed by atoms with van der Waals surface area (Å²) >= 11 is 0. The molecular weight excluding hydrogens is 224 g/mol. The van der Waals surface area contributed by atoms with E-state index in [0.717, 1.165) is 25.8 Å². The number of hydrogen-bond acceptors (Lipinski definition) is 2. The minimum absolute atomic E-state index is 0.192. The molecule has 2 rings (SSSR count). The number of carbonyl (C=O) groups is 1. The molecule has 2 fully saturated rings. The Hall–Kier alpha value is -0.570. The zero-order valence-electron chi connectivity index (χ0n) is 12.0. The molecule has 2 N–H and O–H groups in total. The highest BCUT2D eigenvalue weighted by Crippen LogP contribution is 2.33. The zero-order chi connectivity index (χ0) is 13.2. The number of nitrogens with zero attached hydrogens (tertiary/aromatic N) is 1. The molecular formula is C15H28N2O. The highest BCUT2D eigenvalue weighted by Gasteiger charge is 2.37. The van der Waals surface area contributed by atoms with E-state index in [2.05, 4.69) is 18.7 Å². The van der Waals surface area contributed by atoms with E-state index in [1.807, 2.05) is 0 Å². The molecule has 0 atom stereocenters. The van der Waals surface area contributed by atoms with E-state index in [1.54, 1.807) is 0 Å². The standard InChI is InChI=1S/C15H28N2O/c1-12(2)7-10-17(13-5-6-13)14(18)11-15(16)8-3-4-9-15/h12-13H,3-11,16H2,1-2H3. The van der Waals surface area contributed by atoms with Crippen molar-refractivity contribution in [3.63, 3.8) is 0 Å². The molecule has 0 spiro atoms. The number of amides is 1. The number of rotatable bonds is 6. The number of nitrogens with two attached hydrogens (primary N) is 1. The summed E-state index contributed by atoms with van der Waals surface area (Å²) < 4.78 is 0. The molecule has 2 aliphatic carbocycles. The van der Waals surface area contributed by atoms with Crippen LogP contribution in [0.4, 0.5) is 0 Å². The van der Waals surface area contributed by atoms with Crippen LogP contribution in [0.3, 0.4) is 0 Å². The summed E-state index contributed by atoms with van der Waals surface area (Å²) in [5.74, 6) is 0.972. The van der Waals surface area contributed by atoms with Crippen LogP contribution in [0.1, 0.15) is 65.2 Å². The van der Waals surface area contributed by atoms with Crippen LogP contribution in [0, 0.1) is 5.92 Å². The lowest BCUT2D eigenvalue weighted by Gasteiger charge is -2.29. The van der Waals surface area contributed by atoms with E-state index in [-0.39, 0.29) is 5.54 Å². The zero-order valence-corrected chi connectivity index (χ0v) is 12.0. The van der Waals surface area contributed by atoms with Gasteiger partial charge < -0.3 is 10.6 Å². The largest absolute Gasteiger partial charge is 0.340 e. The lowest BCUT2D eigenvalue weighted by atomic mass is 9.94. The highest BCUT2D eigenvalue weighted by atomic mass is 16.2. The molecule has 0 unspecified atom stereocenters. The maximum atomic E-state index is 12.4. The molecule has 0 aromatic carbocycles. The average Bonchev–Trinajstić information content (AvgIpc) is 3.02. The SMILES string of the molecule is CC(C)CCN(C(=O)CC1(N)CCCC1)C1CC1. The van der Waals surface area contributed by atoms with Gasteiger partial charge in [0.2, 0.25) is 5.91 Å². The normalized spacial score (nSPS) is 22.4. The van der Waals surface area contributed by atoms with Crippen LogP contribution >= 0.6 is 0 Å². The van der Waals surface area contributed by atoms with Crippen LogP contribution in [-0.4, -0.2) is 28.9 Å². The summed E-state index contributed by atoms with van der Waals surface area (Å²) in [5.41, 5.74) is 6.13. The Kier molecular flexibility index (Phi) is 4.31. The lowest BCUT2D eigenvalue weighted by molar-refractivity contribution is -0.133. The van der Waals surface area contributed by atoms with E-state index >= 15 is 0 Å². The summed E-state index contributed by atoms with van der Waals surface area (Å²) in [6.45, 7) is 5.37. The topological polar surface area (TPSA) is 46.3 Å². The van der Waals surface area contributed by atoms with Gasteiger partial charge in [0.05, 0.1) is 0 Å². The Morgan fingerprint density at radius 3 is 2.44 bits per heavy atom. The van der Waals surface area contributed by atoms with E-state index < -0.39 is 0 Å². The summed E-state index contributed by atoms with van der Waals surface area (Å²) in [7, 11) is 0. The van der Waals surface area contributed by atoms with Gasteiger partial charge in [-0.05, 0) is 38.0 Å².